The van der Waals surface area contributed by atoms with E-state index in [0.29, 0.717) is 27.8 Å². The van der Waals surface area contributed by atoms with Crippen LogP contribution in [0.4, 0.5) is 14.6 Å². The van der Waals surface area contributed by atoms with Gasteiger partial charge in [-0.3, -0.25) is 19.7 Å². The smallest absolute Gasteiger partial charge is 0.231 e. The molecule has 0 aliphatic heterocycles. The summed E-state index contributed by atoms with van der Waals surface area (Å²) in [5.41, 5.74) is 1.67. The number of hydrogen-bond acceptors (Lipinski definition) is 5. The summed E-state index contributed by atoms with van der Waals surface area (Å²) in [7, 11) is 0. The van der Waals surface area contributed by atoms with E-state index in [0.717, 1.165) is 0 Å². The maximum absolute atomic E-state index is 15.1. The van der Waals surface area contributed by atoms with E-state index in [9.17, 15) is 14.0 Å². The van der Waals surface area contributed by atoms with Crippen LogP contribution in [0, 0.1) is 11.7 Å². The van der Waals surface area contributed by atoms with E-state index in [4.69, 9.17) is 11.6 Å². The van der Waals surface area contributed by atoms with Gasteiger partial charge in [0.2, 0.25) is 11.8 Å². The number of alkyl halides is 1. The van der Waals surface area contributed by atoms with Crippen LogP contribution in [0.15, 0.2) is 24.8 Å². The third-order valence-corrected chi connectivity index (χ3v) is 5.65. The molecule has 2 unspecified atom stereocenters. The number of carbonyl (C=O) groups excluding carboxylic acids is 2. The summed E-state index contributed by atoms with van der Waals surface area (Å²) in [5, 5.41) is 12.3. The molecule has 9 nitrogen and oxygen atoms in total. The van der Waals surface area contributed by atoms with Gasteiger partial charge in [0.05, 0.1) is 40.7 Å². The molecular formula is C20H16ClF2N7O2. The van der Waals surface area contributed by atoms with Crippen molar-refractivity contribution in [2.24, 2.45) is 5.92 Å². The van der Waals surface area contributed by atoms with Gasteiger partial charge in [-0.2, -0.15) is 5.10 Å². The monoisotopic (exact) mass is 459 g/mol. The molecule has 0 radical (unpaired) electrons. The van der Waals surface area contributed by atoms with Gasteiger partial charge in [-0.1, -0.05) is 11.6 Å². The van der Waals surface area contributed by atoms with E-state index < -0.39 is 23.8 Å². The van der Waals surface area contributed by atoms with Crippen LogP contribution in [0.3, 0.4) is 0 Å². The van der Waals surface area contributed by atoms with E-state index in [2.05, 4.69) is 30.8 Å². The van der Waals surface area contributed by atoms with Crippen LogP contribution in [-0.2, 0) is 16.1 Å². The number of anilines is 1. The van der Waals surface area contributed by atoms with E-state index in [1.165, 1.54) is 19.3 Å². The first-order valence-corrected chi connectivity index (χ1v) is 10.1. The summed E-state index contributed by atoms with van der Waals surface area (Å²) in [6.45, 7) is 1.27. The van der Waals surface area contributed by atoms with Crippen molar-refractivity contribution >= 4 is 45.8 Å². The van der Waals surface area contributed by atoms with Gasteiger partial charge >= 0.3 is 0 Å². The van der Waals surface area contributed by atoms with Crippen molar-refractivity contribution in [2.45, 2.75) is 26.1 Å². The number of rotatable bonds is 5. The van der Waals surface area contributed by atoms with Gasteiger partial charge in [0.15, 0.2) is 11.5 Å². The number of nitrogens with one attached hydrogen (secondary N) is 3. The van der Waals surface area contributed by atoms with Crippen molar-refractivity contribution in [1.82, 2.24) is 29.9 Å². The summed E-state index contributed by atoms with van der Waals surface area (Å²) in [5.74, 6) is -1.81. The summed E-state index contributed by atoms with van der Waals surface area (Å²) in [4.78, 5) is 31.8. The quantitative estimate of drug-likeness (QED) is 0.424. The van der Waals surface area contributed by atoms with Gasteiger partial charge < -0.3 is 15.0 Å². The number of aromatic amines is 1. The molecule has 1 aliphatic rings. The minimum Gasteiger partial charge on any atom is -0.352 e. The van der Waals surface area contributed by atoms with E-state index in [1.807, 2.05) is 0 Å². The summed E-state index contributed by atoms with van der Waals surface area (Å²) < 4.78 is 29.8. The van der Waals surface area contributed by atoms with Crippen molar-refractivity contribution in [1.29, 1.82) is 0 Å². The Morgan fingerprint density at radius 3 is 2.84 bits per heavy atom. The molecule has 3 N–H and O–H groups in total. The SMILES string of the molecule is CC(=O)NCc1c(F)c(Cl)c(-c2cn3cc(NC(=O)C4CC4F)nc3cn2)c2cn[nH]c12. The van der Waals surface area contributed by atoms with Crippen LogP contribution in [0.1, 0.15) is 18.9 Å². The summed E-state index contributed by atoms with van der Waals surface area (Å²) in [6, 6.07) is 0. The molecular weight excluding hydrogens is 444 g/mol. The molecule has 3 aromatic heterocycles. The largest absolute Gasteiger partial charge is 0.352 e. The zero-order valence-corrected chi connectivity index (χ0v) is 17.4. The number of fused-ring (bicyclic) bond motifs is 2. The average molecular weight is 460 g/mol. The predicted molar refractivity (Wildman–Crippen MR) is 112 cm³/mol. The van der Waals surface area contributed by atoms with Gasteiger partial charge in [-0.25, -0.2) is 13.8 Å². The van der Waals surface area contributed by atoms with Gasteiger partial charge in [0, 0.05) is 36.2 Å². The normalized spacial score (nSPS) is 17.6. The molecule has 2 atom stereocenters. The Morgan fingerprint density at radius 2 is 2.12 bits per heavy atom. The number of nitrogens with zero attached hydrogens (tertiary/aromatic N) is 4. The summed E-state index contributed by atoms with van der Waals surface area (Å²) in [6.07, 6.45) is 5.20. The van der Waals surface area contributed by atoms with Gasteiger partial charge in [0.1, 0.15) is 12.0 Å². The van der Waals surface area contributed by atoms with Crippen molar-refractivity contribution in [2.75, 3.05) is 5.32 Å². The van der Waals surface area contributed by atoms with E-state index >= 15 is 4.39 Å². The first kappa shape index (κ1) is 20.3. The molecule has 1 aromatic carbocycles. The highest BCUT2D eigenvalue weighted by atomic mass is 35.5. The Labute approximate surface area is 184 Å². The van der Waals surface area contributed by atoms with Crippen LogP contribution in [-0.4, -0.2) is 42.6 Å². The Morgan fingerprint density at radius 1 is 1.34 bits per heavy atom. The fourth-order valence-electron chi connectivity index (χ4n) is 3.55. The molecule has 1 saturated carbocycles. The zero-order valence-electron chi connectivity index (χ0n) is 16.6. The average Bonchev–Trinajstić information content (AvgIpc) is 3.11. The second-order valence-corrected chi connectivity index (χ2v) is 7.94. The van der Waals surface area contributed by atoms with Crippen molar-refractivity contribution in [3.8, 4) is 11.3 Å². The lowest BCUT2D eigenvalue weighted by Gasteiger charge is -2.12. The number of benzene rings is 1. The van der Waals surface area contributed by atoms with Crippen LogP contribution < -0.4 is 10.6 Å². The number of halogens is 3. The fourth-order valence-corrected chi connectivity index (χ4v) is 3.86. The number of amides is 2. The molecule has 0 spiro atoms. The van der Waals surface area contributed by atoms with Crippen molar-refractivity contribution in [3.05, 3.63) is 41.2 Å². The first-order chi connectivity index (χ1) is 15.3. The molecule has 4 aromatic rings. The predicted octanol–water partition coefficient (Wildman–Crippen LogP) is 3.00. The second kappa shape index (κ2) is 7.52. The molecule has 2 amide bonds. The van der Waals surface area contributed by atoms with Crippen molar-refractivity contribution < 1.29 is 18.4 Å². The van der Waals surface area contributed by atoms with Crippen LogP contribution >= 0.6 is 11.6 Å². The molecule has 164 valence electrons. The Hall–Kier alpha value is -3.60. The number of aromatic nitrogens is 5. The third kappa shape index (κ3) is 3.44. The molecule has 32 heavy (non-hydrogen) atoms. The lowest BCUT2D eigenvalue weighted by molar-refractivity contribution is -0.119. The zero-order chi connectivity index (χ0) is 22.6. The molecule has 1 aliphatic carbocycles. The number of imidazole rings is 1. The van der Waals surface area contributed by atoms with Gasteiger partial charge in [0.25, 0.3) is 0 Å². The van der Waals surface area contributed by atoms with Gasteiger partial charge in [-0.05, 0) is 6.42 Å². The molecule has 12 heteroatoms. The Balaban J connectivity index is 1.54. The maximum Gasteiger partial charge on any atom is 0.231 e. The highest BCUT2D eigenvalue weighted by molar-refractivity contribution is 6.35. The number of H-pyrrole nitrogens is 1. The van der Waals surface area contributed by atoms with Crippen LogP contribution in [0.5, 0.6) is 0 Å². The third-order valence-electron chi connectivity index (χ3n) is 5.30. The standard InChI is InChI=1S/C20H16ClF2N7O2/c1-8(31)24-3-11-18(23)17(21)16(10-4-26-29-19(10)11)13-6-30-7-14(27-15(30)5-25-13)28-20(32)9-2-12(9)22/h4-7,9,12H,2-3H2,1H3,(H,24,31)(H,26,29)(H,28,32). The molecule has 1 fully saturated rings. The number of hydrogen-bond donors (Lipinski definition) is 3. The van der Waals surface area contributed by atoms with E-state index in [-0.39, 0.29) is 35.3 Å². The van der Waals surface area contributed by atoms with Gasteiger partial charge in [-0.15, -0.1) is 0 Å². The summed E-state index contributed by atoms with van der Waals surface area (Å²) >= 11 is 6.38. The Kier molecular flexibility index (Phi) is 4.77. The minimum atomic E-state index is -1.11. The number of carbonyl (C=O) groups is 2. The van der Waals surface area contributed by atoms with E-state index in [1.54, 1.807) is 16.8 Å². The lowest BCUT2D eigenvalue weighted by Crippen LogP contribution is -2.20. The Bertz CT molecular complexity index is 1400. The molecule has 0 saturated heterocycles. The highest BCUT2D eigenvalue weighted by Crippen LogP contribution is 2.38. The maximum atomic E-state index is 15.1. The molecule has 3 heterocycles. The lowest BCUT2D eigenvalue weighted by atomic mass is 10.0. The first-order valence-electron chi connectivity index (χ1n) is 9.71. The van der Waals surface area contributed by atoms with Crippen LogP contribution in [0.25, 0.3) is 27.8 Å². The highest BCUT2D eigenvalue weighted by Gasteiger charge is 2.43. The topological polar surface area (TPSA) is 117 Å². The van der Waals surface area contributed by atoms with Crippen molar-refractivity contribution in [3.63, 3.8) is 0 Å². The fraction of sp³-hybridized carbons (Fsp3) is 0.250. The van der Waals surface area contributed by atoms with Crippen LogP contribution in [0.2, 0.25) is 5.02 Å². The molecule has 0 bridgehead atoms. The molecule has 5 rings (SSSR count). The minimum absolute atomic E-state index is 0.0579. The second-order valence-electron chi connectivity index (χ2n) is 7.56.